The van der Waals surface area contributed by atoms with E-state index in [9.17, 15) is 5.11 Å². The maximum absolute atomic E-state index is 10.2. The number of aromatic nitrogens is 1. The lowest BCUT2D eigenvalue weighted by Crippen LogP contribution is -2.13. The molecule has 0 saturated carbocycles. The summed E-state index contributed by atoms with van der Waals surface area (Å²) in [7, 11) is 1.59. The van der Waals surface area contributed by atoms with Gasteiger partial charge >= 0.3 is 0 Å². The molecule has 3 heteroatoms. The first-order chi connectivity index (χ1) is 11.0. The van der Waals surface area contributed by atoms with Gasteiger partial charge in [0, 0.05) is 18.2 Å². The third-order valence-corrected chi connectivity index (χ3v) is 4.11. The van der Waals surface area contributed by atoms with Crippen LogP contribution in [0, 0.1) is 0 Å². The van der Waals surface area contributed by atoms with Crippen molar-refractivity contribution in [2.45, 2.75) is 25.7 Å². The molecular weight excluding hydrogens is 286 g/mol. The van der Waals surface area contributed by atoms with Gasteiger partial charge in [-0.05, 0) is 29.5 Å². The second kappa shape index (κ2) is 7.14. The molecule has 0 aliphatic heterocycles. The lowest BCUT2D eigenvalue weighted by Gasteiger charge is -2.26. The maximum atomic E-state index is 10.2. The number of methoxy groups -OCH3 is 1. The molecule has 0 aliphatic carbocycles. The topological polar surface area (TPSA) is 42.4 Å². The van der Waals surface area contributed by atoms with E-state index in [0.29, 0.717) is 5.88 Å². The average Bonchev–Trinajstić information content (AvgIpc) is 2.55. The fourth-order valence-corrected chi connectivity index (χ4v) is 2.87. The minimum Gasteiger partial charge on any atom is -0.512 e. The van der Waals surface area contributed by atoms with Crippen LogP contribution in [0.1, 0.15) is 42.4 Å². The number of aliphatic hydroxyl groups excluding tert-OH is 1. The molecule has 1 heterocycles. The Morgan fingerprint density at radius 1 is 1.17 bits per heavy atom. The lowest BCUT2D eigenvalue weighted by molar-refractivity contribution is 0.352. The number of pyridine rings is 1. The molecule has 2 rings (SSSR count). The van der Waals surface area contributed by atoms with Crippen molar-refractivity contribution in [2.24, 2.45) is 0 Å². The molecule has 0 bridgehead atoms. The molecule has 120 valence electrons. The first-order valence-corrected chi connectivity index (χ1v) is 7.58. The van der Waals surface area contributed by atoms with E-state index in [1.807, 2.05) is 43.3 Å². The highest BCUT2D eigenvalue weighted by Gasteiger charge is 2.26. The number of hydrogen-bond acceptors (Lipinski definition) is 3. The molecule has 2 unspecified atom stereocenters. The van der Waals surface area contributed by atoms with E-state index in [2.05, 4.69) is 25.1 Å². The van der Waals surface area contributed by atoms with Crippen LogP contribution in [0.5, 0.6) is 5.88 Å². The van der Waals surface area contributed by atoms with E-state index >= 15 is 0 Å². The van der Waals surface area contributed by atoms with Crippen LogP contribution in [-0.2, 0) is 0 Å². The van der Waals surface area contributed by atoms with Crippen LogP contribution in [0.25, 0.3) is 5.57 Å². The minimum absolute atomic E-state index is 0.0198. The van der Waals surface area contributed by atoms with Crippen molar-refractivity contribution in [3.8, 4) is 5.88 Å². The highest BCUT2D eigenvalue weighted by Crippen LogP contribution is 2.39. The van der Waals surface area contributed by atoms with Crippen LogP contribution < -0.4 is 4.74 Å². The predicted octanol–water partition coefficient (Wildman–Crippen LogP) is 5.08. The summed E-state index contributed by atoms with van der Waals surface area (Å²) in [5.41, 5.74) is 4.05. The number of benzene rings is 1. The fraction of sp³-hybridized carbons (Fsp3) is 0.250. The van der Waals surface area contributed by atoms with Gasteiger partial charge in [0.15, 0.2) is 0 Å². The normalized spacial score (nSPS) is 13.2. The van der Waals surface area contributed by atoms with Crippen molar-refractivity contribution in [1.82, 2.24) is 4.98 Å². The molecule has 0 amide bonds. The van der Waals surface area contributed by atoms with E-state index < -0.39 is 0 Å². The van der Waals surface area contributed by atoms with Gasteiger partial charge in [0.25, 0.3) is 0 Å². The van der Waals surface area contributed by atoms with Gasteiger partial charge in [0.2, 0.25) is 5.88 Å². The molecule has 1 aromatic carbocycles. The largest absolute Gasteiger partial charge is 0.512 e. The van der Waals surface area contributed by atoms with Gasteiger partial charge in [-0.1, -0.05) is 56.0 Å². The smallest absolute Gasteiger partial charge is 0.212 e. The zero-order valence-corrected chi connectivity index (χ0v) is 13.9. The summed E-state index contributed by atoms with van der Waals surface area (Å²) in [6, 6.07) is 11.8. The number of nitrogens with zero attached hydrogens (tertiary/aromatic N) is 1. The lowest BCUT2D eigenvalue weighted by atomic mass is 9.79. The van der Waals surface area contributed by atoms with Gasteiger partial charge in [-0.3, -0.25) is 0 Å². The Bertz CT molecular complexity index is 704. The zero-order chi connectivity index (χ0) is 17.0. The molecule has 0 saturated heterocycles. The monoisotopic (exact) mass is 309 g/mol. The Morgan fingerprint density at radius 2 is 1.87 bits per heavy atom. The SMILES string of the molecule is C=C(C)c1ccccc1C(C(=C)O)C(C)c1ccc(OC)nc1. The van der Waals surface area contributed by atoms with Crippen LogP contribution in [0.2, 0.25) is 0 Å². The molecular formula is C20H23NO2. The third kappa shape index (κ3) is 3.62. The Labute approximate surface area is 138 Å². The molecule has 3 nitrogen and oxygen atoms in total. The fourth-order valence-electron chi connectivity index (χ4n) is 2.87. The van der Waals surface area contributed by atoms with Gasteiger partial charge in [-0.2, -0.15) is 0 Å². The van der Waals surface area contributed by atoms with E-state index in [0.717, 1.165) is 22.3 Å². The quantitative estimate of drug-likeness (QED) is 0.756. The van der Waals surface area contributed by atoms with Crippen molar-refractivity contribution in [3.63, 3.8) is 0 Å². The Kier molecular flexibility index (Phi) is 5.22. The average molecular weight is 309 g/mol. The van der Waals surface area contributed by atoms with Crippen molar-refractivity contribution >= 4 is 5.57 Å². The number of aliphatic hydroxyl groups is 1. The Hall–Kier alpha value is -2.55. The van der Waals surface area contributed by atoms with Crippen LogP contribution in [-0.4, -0.2) is 17.2 Å². The number of allylic oxidation sites excluding steroid dienone is 2. The molecule has 0 aliphatic rings. The molecule has 0 spiro atoms. The summed E-state index contributed by atoms with van der Waals surface area (Å²) >= 11 is 0. The van der Waals surface area contributed by atoms with E-state index in [4.69, 9.17) is 4.74 Å². The summed E-state index contributed by atoms with van der Waals surface area (Å²) < 4.78 is 5.10. The molecule has 2 atom stereocenters. The summed E-state index contributed by atoms with van der Waals surface area (Å²) in [5, 5.41) is 10.2. The zero-order valence-electron chi connectivity index (χ0n) is 13.9. The van der Waals surface area contributed by atoms with Crippen molar-refractivity contribution in [2.75, 3.05) is 7.11 Å². The summed E-state index contributed by atoms with van der Waals surface area (Å²) in [4.78, 5) is 4.26. The van der Waals surface area contributed by atoms with Crippen LogP contribution in [0.3, 0.4) is 0 Å². The molecule has 1 aromatic heterocycles. The number of rotatable bonds is 6. The van der Waals surface area contributed by atoms with Crippen molar-refractivity contribution < 1.29 is 9.84 Å². The van der Waals surface area contributed by atoms with Crippen molar-refractivity contribution in [3.05, 3.63) is 78.2 Å². The molecule has 23 heavy (non-hydrogen) atoms. The standard InChI is InChI=1S/C20H23NO2/c1-13(2)17-8-6-7-9-18(17)20(15(4)22)14(3)16-10-11-19(23-5)21-12-16/h6-12,14,20,22H,1,4H2,2-3,5H3. The van der Waals surface area contributed by atoms with Crippen molar-refractivity contribution in [1.29, 1.82) is 0 Å². The number of ether oxygens (including phenoxy) is 1. The van der Waals surface area contributed by atoms with E-state index in [1.165, 1.54) is 0 Å². The minimum atomic E-state index is -0.224. The number of hydrogen-bond donors (Lipinski definition) is 1. The van der Waals surface area contributed by atoms with Crippen LogP contribution in [0.15, 0.2) is 61.5 Å². The van der Waals surface area contributed by atoms with Crippen LogP contribution >= 0.6 is 0 Å². The molecule has 0 radical (unpaired) electrons. The second-order valence-corrected chi connectivity index (χ2v) is 5.76. The van der Waals surface area contributed by atoms with Gasteiger partial charge in [-0.25, -0.2) is 4.98 Å². The highest BCUT2D eigenvalue weighted by atomic mass is 16.5. The third-order valence-electron chi connectivity index (χ3n) is 4.11. The van der Waals surface area contributed by atoms with E-state index in [-0.39, 0.29) is 17.6 Å². The van der Waals surface area contributed by atoms with Gasteiger partial charge in [0.1, 0.15) is 0 Å². The summed E-state index contributed by atoms with van der Waals surface area (Å²) in [6.45, 7) is 11.9. The van der Waals surface area contributed by atoms with Crippen LogP contribution in [0.4, 0.5) is 0 Å². The summed E-state index contributed by atoms with van der Waals surface area (Å²) in [5.74, 6) is 0.509. The van der Waals surface area contributed by atoms with Gasteiger partial charge < -0.3 is 9.84 Å². The molecule has 2 aromatic rings. The molecule has 1 N–H and O–H groups in total. The summed E-state index contributed by atoms with van der Waals surface area (Å²) in [6.07, 6.45) is 1.78. The van der Waals surface area contributed by atoms with Gasteiger partial charge in [0.05, 0.1) is 12.9 Å². The molecule has 0 fully saturated rings. The first kappa shape index (κ1) is 16.8. The maximum Gasteiger partial charge on any atom is 0.212 e. The first-order valence-electron chi connectivity index (χ1n) is 7.58. The second-order valence-electron chi connectivity index (χ2n) is 5.76. The van der Waals surface area contributed by atoms with Gasteiger partial charge in [-0.15, -0.1) is 0 Å². The Balaban J connectivity index is 2.46. The van der Waals surface area contributed by atoms with E-state index in [1.54, 1.807) is 13.3 Å². The Morgan fingerprint density at radius 3 is 2.39 bits per heavy atom. The highest BCUT2D eigenvalue weighted by molar-refractivity contribution is 5.66. The predicted molar refractivity (Wildman–Crippen MR) is 94.9 cm³/mol.